The Hall–Kier alpha value is -0.610. The van der Waals surface area contributed by atoms with Crippen LogP contribution in [0, 0.1) is 5.92 Å². The molecule has 86 valence electrons. The molecular formula is C11H19NO3. The van der Waals surface area contributed by atoms with Crippen LogP contribution >= 0.6 is 0 Å². The average Bonchev–Trinajstić information content (AvgIpc) is 3.10. The van der Waals surface area contributed by atoms with Crippen molar-refractivity contribution in [1.29, 1.82) is 0 Å². The fraction of sp³-hybridized carbons (Fsp3) is 0.909. The molecule has 1 heterocycles. The molecule has 1 N–H and O–H groups in total. The van der Waals surface area contributed by atoms with Gasteiger partial charge in [-0.3, -0.25) is 10.1 Å². The molecule has 2 unspecified atom stereocenters. The van der Waals surface area contributed by atoms with Crippen molar-refractivity contribution in [3.63, 3.8) is 0 Å². The molecule has 4 nitrogen and oxygen atoms in total. The lowest BCUT2D eigenvalue weighted by atomic mass is 10.1. The molecule has 1 saturated carbocycles. The smallest absolute Gasteiger partial charge is 0.323 e. The van der Waals surface area contributed by atoms with Crippen molar-refractivity contribution in [2.45, 2.75) is 37.8 Å². The molecular weight excluding hydrogens is 194 g/mol. The Bertz CT molecular complexity index is 222. The maximum absolute atomic E-state index is 11.5. The summed E-state index contributed by atoms with van der Waals surface area (Å²) in [5.74, 6) is 0.363. The van der Waals surface area contributed by atoms with Gasteiger partial charge in [-0.1, -0.05) is 0 Å². The number of rotatable bonds is 4. The summed E-state index contributed by atoms with van der Waals surface area (Å²) in [6, 6.07) is 0.213. The van der Waals surface area contributed by atoms with E-state index >= 15 is 0 Å². The van der Waals surface area contributed by atoms with Crippen LogP contribution in [-0.4, -0.2) is 38.4 Å². The van der Waals surface area contributed by atoms with Crippen molar-refractivity contribution in [2.24, 2.45) is 5.92 Å². The summed E-state index contributed by atoms with van der Waals surface area (Å²) in [6.07, 6.45) is 4.46. The zero-order chi connectivity index (χ0) is 10.7. The van der Waals surface area contributed by atoms with Crippen LogP contribution in [0.25, 0.3) is 0 Å². The predicted octanol–water partition coefficient (Wildman–Crippen LogP) is 0.707. The van der Waals surface area contributed by atoms with Crippen LogP contribution in [0.5, 0.6) is 0 Å². The highest BCUT2D eigenvalue weighted by Gasteiger charge is 2.38. The number of hydrogen-bond acceptors (Lipinski definition) is 4. The van der Waals surface area contributed by atoms with Gasteiger partial charge in [-0.25, -0.2) is 0 Å². The first-order chi connectivity index (χ1) is 7.31. The van der Waals surface area contributed by atoms with E-state index in [0.29, 0.717) is 12.0 Å². The number of nitrogens with one attached hydrogen (secondary N) is 1. The second-order valence-electron chi connectivity index (χ2n) is 4.42. The van der Waals surface area contributed by atoms with Crippen LogP contribution in [0.2, 0.25) is 0 Å². The molecule has 1 aliphatic carbocycles. The van der Waals surface area contributed by atoms with Crippen molar-refractivity contribution in [2.75, 3.05) is 20.3 Å². The summed E-state index contributed by atoms with van der Waals surface area (Å²) in [4.78, 5) is 11.5. The molecule has 2 atom stereocenters. The van der Waals surface area contributed by atoms with Crippen molar-refractivity contribution >= 4 is 5.97 Å². The van der Waals surface area contributed by atoms with Gasteiger partial charge < -0.3 is 9.47 Å². The van der Waals surface area contributed by atoms with Crippen LogP contribution < -0.4 is 5.32 Å². The summed E-state index contributed by atoms with van der Waals surface area (Å²) >= 11 is 0. The van der Waals surface area contributed by atoms with E-state index in [9.17, 15) is 4.79 Å². The number of carbonyl (C=O) groups excluding carboxylic acids is 1. The molecule has 0 radical (unpaired) electrons. The third-order valence-corrected chi connectivity index (χ3v) is 3.12. The van der Waals surface area contributed by atoms with E-state index in [4.69, 9.17) is 9.47 Å². The number of esters is 1. The van der Waals surface area contributed by atoms with Crippen LogP contribution in [0.1, 0.15) is 25.7 Å². The monoisotopic (exact) mass is 213 g/mol. The van der Waals surface area contributed by atoms with Crippen molar-refractivity contribution in [3.05, 3.63) is 0 Å². The molecule has 0 aromatic rings. The second kappa shape index (κ2) is 4.94. The number of carbonyl (C=O) groups is 1. The Balaban J connectivity index is 1.84. The maximum atomic E-state index is 11.5. The number of ether oxygens (including phenoxy) is 2. The van der Waals surface area contributed by atoms with E-state index < -0.39 is 0 Å². The van der Waals surface area contributed by atoms with Crippen LogP contribution in [-0.2, 0) is 14.3 Å². The van der Waals surface area contributed by atoms with Gasteiger partial charge in [0.25, 0.3) is 0 Å². The lowest BCUT2D eigenvalue weighted by Gasteiger charge is -2.27. The lowest BCUT2D eigenvalue weighted by Crippen LogP contribution is -2.48. The van der Waals surface area contributed by atoms with E-state index in [0.717, 1.165) is 38.9 Å². The Morgan fingerprint density at radius 1 is 1.47 bits per heavy atom. The van der Waals surface area contributed by atoms with E-state index in [2.05, 4.69) is 5.32 Å². The second-order valence-corrected chi connectivity index (χ2v) is 4.42. The molecule has 2 fully saturated rings. The van der Waals surface area contributed by atoms with Gasteiger partial charge in [0.2, 0.25) is 0 Å². The summed E-state index contributed by atoms with van der Waals surface area (Å²) in [7, 11) is 1.46. The molecule has 0 aromatic carbocycles. The highest BCUT2D eigenvalue weighted by molar-refractivity contribution is 5.76. The number of methoxy groups -OCH3 is 1. The minimum Gasteiger partial charge on any atom is -0.468 e. The third-order valence-electron chi connectivity index (χ3n) is 3.12. The topological polar surface area (TPSA) is 47.6 Å². The van der Waals surface area contributed by atoms with Gasteiger partial charge in [-0.05, 0) is 31.6 Å². The fourth-order valence-corrected chi connectivity index (χ4v) is 2.08. The standard InChI is InChI=1S/C11H19NO3/c1-14-11(13)10(8-4-5-8)12-9-3-2-6-15-7-9/h8-10,12H,2-7H2,1H3. The van der Waals surface area contributed by atoms with Crippen LogP contribution in [0.4, 0.5) is 0 Å². The summed E-state index contributed by atoms with van der Waals surface area (Å²) in [6.45, 7) is 1.57. The highest BCUT2D eigenvalue weighted by Crippen LogP contribution is 2.33. The Kier molecular flexibility index (Phi) is 3.59. The SMILES string of the molecule is COC(=O)C(NC1CCCOC1)C1CC1. The van der Waals surface area contributed by atoms with Crippen LogP contribution in [0.15, 0.2) is 0 Å². The molecule has 2 rings (SSSR count). The normalized spacial score (nSPS) is 28.5. The van der Waals surface area contributed by atoms with E-state index in [1.54, 1.807) is 0 Å². The predicted molar refractivity (Wildman–Crippen MR) is 55.5 cm³/mol. The average molecular weight is 213 g/mol. The van der Waals surface area contributed by atoms with Crippen LogP contribution in [0.3, 0.4) is 0 Å². The molecule has 0 bridgehead atoms. The lowest BCUT2D eigenvalue weighted by molar-refractivity contribution is -0.144. The summed E-state index contributed by atoms with van der Waals surface area (Å²) in [5, 5.41) is 3.37. The zero-order valence-electron chi connectivity index (χ0n) is 9.20. The fourth-order valence-electron chi connectivity index (χ4n) is 2.08. The summed E-state index contributed by atoms with van der Waals surface area (Å²) in [5.41, 5.74) is 0. The molecule has 0 spiro atoms. The Labute approximate surface area is 90.3 Å². The minimum atomic E-state index is -0.122. The van der Waals surface area contributed by atoms with Gasteiger partial charge in [0.1, 0.15) is 6.04 Å². The van der Waals surface area contributed by atoms with E-state index in [1.807, 2.05) is 0 Å². The largest absolute Gasteiger partial charge is 0.468 e. The molecule has 15 heavy (non-hydrogen) atoms. The van der Waals surface area contributed by atoms with Gasteiger partial charge in [-0.15, -0.1) is 0 Å². The first-order valence-corrected chi connectivity index (χ1v) is 5.73. The maximum Gasteiger partial charge on any atom is 0.323 e. The zero-order valence-corrected chi connectivity index (χ0v) is 9.20. The highest BCUT2D eigenvalue weighted by atomic mass is 16.5. The van der Waals surface area contributed by atoms with Gasteiger partial charge in [-0.2, -0.15) is 0 Å². The number of hydrogen-bond donors (Lipinski definition) is 1. The third kappa shape index (κ3) is 2.92. The van der Waals surface area contributed by atoms with Gasteiger partial charge >= 0.3 is 5.97 Å². The van der Waals surface area contributed by atoms with E-state index in [1.165, 1.54) is 7.11 Å². The van der Waals surface area contributed by atoms with Crippen molar-refractivity contribution < 1.29 is 14.3 Å². The molecule has 4 heteroatoms. The quantitative estimate of drug-likeness (QED) is 0.699. The molecule has 0 aromatic heterocycles. The van der Waals surface area contributed by atoms with Gasteiger partial charge in [0.15, 0.2) is 0 Å². The summed E-state index contributed by atoms with van der Waals surface area (Å²) < 4.78 is 10.2. The molecule has 0 amide bonds. The molecule has 1 saturated heterocycles. The van der Waals surface area contributed by atoms with Crippen molar-refractivity contribution in [1.82, 2.24) is 5.32 Å². The first-order valence-electron chi connectivity index (χ1n) is 5.73. The first kappa shape index (κ1) is 10.9. The molecule has 2 aliphatic rings. The van der Waals surface area contributed by atoms with Crippen molar-refractivity contribution in [3.8, 4) is 0 Å². The minimum absolute atomic E-state index is 0.110. The Morgan fingerprint density at radius 2 is 2.27 bits per heavy atom. The molecule has 1 aliphatic heterocycles. The van der Waals surface area contributed by atoms with Gasteiger partial charge in [0.05, 0.1) is 13.7 Å². The Morgan fingerprint density at radius 3 is 2.80 bits per heavy atom. The van der Waals surface area contributed by atoms with E-state index in [-0.39, 0.29) is 12.0 Å². The van der Waals surface area contributed by atoms with Gasteiger partial charge in [0, 0.05) is 12.6 Å².